The maximum absolute atomic E-state index is 12.9. The first-order valence-corrected chi connectivity index (χ1v) is 18.8. The largest absolute Gasteiger partial charge is 0.470 e. The Labute approximate surface area is 229 Å². The molecule has 1 aliphatic heterocycles. The van der Waals surface area contributed by atoms with E-state index in [1.807, 2.05) is 0 Å². The van der Waals surface area contributed by atoms with E-state index in [1.54, 1.807) is 6.08 Å². The van der Waals surface area contributed by atoms with Crippen LogP contribution in [0.1, 0.15) is 47.2 Å². The van der Waals surface area contributed by atoms with Gasteiger partial charge < -0.3 is 18.3 Å². The summed E-state index contributed by atoms with van der Waals surface area (Å²) < 4.78 is 25.4. The number of carbonyl (C=O) groups excluding carboxylic acids is 1. The van der Waals surface area contributed by atoms with Gasteiger partial charge in [-0.15, -0.1) is 0 Å². The monoisotopic (exact) mass is 616 g/mol. The zero-order valence-electron chi connectivity index (χ0n) is 23.8. The zero-order chi connectivity index (χ0) is 28.6. The number of aromatic nitrogens is 2. The van der Waals surface area contributed by atoms with Crippen LogP contribution in [0.2, 0.25) is 36.3 Å². The van der Waals surface area contributed by atoms with Crippen LogP contribution in [0, 0.1) is 0 Å². The lowest BCUT2D eigenvalue weighted by molar-refractivity contribution is -0.135. The van der Waals surface area contributed by atoms with Crippen LogP contribution in [0.4, 0.5) is 0 Å². The molecule has 12 heteroatoms. The molecule has 0 saturated carbocycles. The van der Waals surface area contributed by atoms with E-state index in [4.69, 9.17) is 18.3 Å². The van der Waals surface area contributed by atoms with E-state index in [9.17, 15) is 14.4 Å². The van der Waals surface area contributed by atoms with Crippen LogP contribution < -0.4 is 11.2 Å². The molecule has 9 nitrogen and oxygen atoms in total. The predicted molar refractivity (Wildman–Crippen MR) is 155 cm³/mol. The van der Waals surface area contributed by atoms with Crippen molar-refractivity contribution in [1.82, 2.24) is 9.55 Å². The molecule has 0 aliphatic carbocycles. The number of rotatable bonds is 8. The molecule has 2 heterocycles. The van der Waals surface area contributed by atoms with Crippen molar-refractivity contribution in [3.05, 3.63) is 43.2 Å². The number of hydrogen-bond acceptors (Lipinski definition) is 7. The van der Waals surface area contributed by atoms with Crippen molar-refractivity contribution in [2.45, 2.75) is 90.0 Å². The van der Waals surface area contributed by atoms with Gasteiger partial charge in [0.25, 0.3) is 5.56 Å². The average Bonchev–Trinajstić information content (AvgIpc) is 3.10. The topological polar surface area (TPSA) is 109 Å². The summed E-state index contributed by atoms with van der Waals surface area (Å²) in [6.07, 6.45) is 2.12. The highest BCUT2D eigenvalue weighted by molar-refractivity contribution is 9.12. The van der Waals surface area contributed by atoms with Crippen molar-refractivity contribution in [3.8, 4) is 0 Å². The van der Waals surface area contributed by atoms with Crippen LogP contribution in [0.5, 0.6) is 0 Å². The molecule has 2 atom stereocenters. The molecule has 2 rings (SSSR count). The third kappa shape index (κ3) is 7.43. The SMILES string of the molecule is COC(=O)/C(Br)=C/c1cc(=O)[nH]c(=O)n1C1=C[C@H](O[Si](C)(C)C(C)(C)C)[C@@H](CO[Si](C)(C)C(C)(C)C)O1. The number of esters is 1. The molecule has 208 valence electrons. The van der Waals surface area contributed by atoms with Crippen molar-refractivity contribution < 1.29 is 23.1 Å². The fourth-order valence-corrected chi connectivity index (χ4v) is 5.70. The Hall–Kier alpha value is -1.74. The summed E-state index contributed by atoms with van der Waals surface area (Å²) in [6, 6.07) is 1.21. The summed E-state index contributed by atoms with van der Waals surface area (Å²) in [7, 11) is -3.09. The molecule has 0 saturated heterocycles. The fourth-order valence-electron chi connectivity index (χ4n) is 3.03. The van der Waals surface area contributed by atoms with Gasteiger partial charge in [0.05, 0.1) is 19.4 Å². The summed E-state index contributed by atoms with van der Waals surface area (Å²) in [5.74, 6) is -0.453. The first-order chi connectivity index (χ1) is 16.7. The second kappa shape index (κ2) is 11.2. The summed E-state index contributed by atoms with van der Waals surface area (Å²) in [4.78, 5) is 39.3. The molecule has 0 fully saturated rings. The maximum Gasteiger partial charge on any atom is 0.345 e. The first kappa shape index (κ1) is 31.5. The van der Waals surface area contributed by atoms with Gasteiger partial charge in [-0.3, -0.25) is 9.78 Å². The van der Waals surface area contributed by atoms with E-state index in [0.29, 0.717) is 0 Å². The van der Waals surface area contributed by atoms with E-state index in [0.717, 1.165) is 0 Å². The summed E-state index contributed by atoms with van der Waals surface area (Å²) in [5, 5.41) is -0.0475. The fraction of sp³-hybridized carbons (Fsp3) is 0.640. The normalized spacial score (nSPS) is 19.5. The molecule has 1 N–H and O–H groups in total. The van der Waals surface area contributed by atoms with Crippen molar-refractivity contribution in [1.29, 1.82) is 0 Å². The minimum absolute atomic E-state index is 0.00558. The lowest BCUT2D eigenvalue weighted by Crippen LogP contribution is -2.48. The lowest BCUT2D eigenvalue weighted by Gasteiger charge is -2.40. The minimum atomic E-state index is -2.23. The van der Waals surface area contributed by atoms with Gasteiger partial charge in [0.1, 0.15) is 10.6 Å². The molecular formula is C25H41BrN2O7Si2. The van der Waals surface area contributed by atoms with Gasteiger partial charge in [0.15, 0.2) is 22.7 Å². The third-order valence-corrected chi connectivity index (χ3v) is 17.0. The highest BCUT2D eigenvalue weighted by Gasteiger charge is 2.45. The number of nitrogens with one attached hydrogen (secondary N) is 1. The molecule has 37 heavy (non-hydrogen) atoms. The number of H-pyrrole nitrogens is 1. The third-order valence-electron chi connectivity index (χ3n) is 7.44. The van der Waals surface area contributed by atoms with E-state index >= 15 is 0 Å². The van der Waals surface area contributed by atoms with E-state index in [2.05, 4.69) is 88.6 Å². The summed E-state index contributed by atoms with van der Waals surface area (Å²) in [5.41, 5.74) is -1.16. The van der Waals surface area contributed by atoms with Crippen molar-refractivity contribution in [2.24, 2.45) is 0 Å². The van der Waals surface area contributed by atoms with Crippen LogP contribution in [-0.4, -0.2) is 58.1 Å². The Kier molecular flexibility index (Phi) is 9.50. The van der Waals surface area contributed by atoms with Gasteiger partial charge in [-0.1, -0.05) is 41.5 Å². The van der Waals surface area contributed by atoms with Crippen LogP contribution in [0.25, 0.3) is 12.0 Å². The number of halogens is 1. The van der Waals surface area contributed by atoms with E-state index in [-0.39, 0.29) is 32.7 Å². The van der Waals surface area contributed by atoms with Gasteiger partial charge in [-0.25, -0.2) is 14.2 Å². The van der Waals surface area contributed by atoms with Gasteiger partial charge >= 0.3 is 11.7 Å². The number of ether oxygens (including phenoxy) is 2. The molecule has 1 aromatic heterocycles. The lowest BCUT2D eigenvalue weighted by atomic mass is 10.2. The molecule has 0 bridgehead atoms. The second-order valence-electron chi connectivity index (χ2n) is 12.3. The Bertz CT molecular complexity index is 1190. The number of carbonyl (C=O) groups is 1. The number of methoxy groups -OCH3 is 1. The van der Waals surface area contributed by atoms with Crippen LogP contribution >= 0.6 is 15.9 Å². The molecular weight excluding hydrogens is 576 g/mol. The van der Waals surface area contributed by atoms with Crippen LogP contribution in [0.15, 0.2) is 26.2 Å². The Morgan fingerprint density at radius 1 is 1.11 bits per heavy atom. The van der Waals surface area contributed by atoms with Crippen LogP contribution in [-0.2, 0) is 23.1 Å². The minimum Gasteiger partial charge on any atom is -0.470 e. The van der Waals surface area contributed by atoms with E-state index < -0.39 is 46.1 Å². The van der Waals surface area contributed by atoms with Gasteiger partial charge in [0.2, 0.25) is 5.88 Å². The van der Waals surface area contributed by atoms with Crippen molar-refractivity contribution in [3.63, 3.8) is 0 Å². The van der Waals surface area contributed by atoms with Crippen molar-refractivity contribution in [2.75, 3.05) is 13.7 Å². The second-order valence-corrected chi connectivity index (χ2v) is 22.7. The standard InChI is InChI=1S/C25H41BrN2O7Si2/c1-24(2,3)36(8,9)33-15-19-18(35-37(10,11)25(4,5)6)14-21(34-19)28-16(12-17(26)22(30)32-7)13-20(29)27-23(28)31/h12-14,18-19H,15H2,1-11H3,(H,27,29,31)/b17-12-/t18-,19+/m0/s1. The Morgan fingerprint density at radius 3 is 2.19 bits per heavy atom. The Morgan fingerprint density at radius 2 is 1.68 bits per heavy atom. The van der Waals surface area contributed by atoms with Crippen molar-refractivity contribution >= 4 is 50.5 Å². The zero-order valence-corrected chi connectivity index (χ0v) is 27.4. The number of aromatic amines is 1. The molecule has 0 unspecified atom stereocenters. The highest BCUT2D eigenvalue weighted by Crippen LogP contribution is 2.41. The quantitative estimate of drug-likeness (QED) is 0.247. The smallest absolute Gasteiger partial charge is 0.345 e. The molecule has 0 amide bonds. The molecule has 1 aromatic rings. The van der Waals surface area contributed by atoms with Gasteiger partial charge in [-0.05, 0) is 58.3 Å². The number of hydrogen-bond donors (Lipinski definition) is 1. The average molecular weight is 618 g/mol. The predicted octanol–water partition coefficient (Wildman–Crippen LogP) is 5.05. The maximum atomic E-state index is 12.9. The molecule has 0 radical (unpaired) electrons. The van der Waals surface area contributed by atoms with Gasteiger partial charge in [-0.2, -0.15) is 0 Å². The molecule has 1 aliphatic rings. The van der Waals surface area contributed by atoms with Crippen LogP contribution in [0.3, 0.4) is 0 Å². The van der Waals surface area contributed by atoms with Gasteiger partial charge in [0, 0.05) is 12.1 Å². The van der Waals surface area contributed by atoms with E-state index in [1.165, 1.54) is 23.8 Å². The Balaban J connectivity index is 2.57. The first-order valence-electron chi connectivity index (χ1n) is 12.2. The molecule has 0 aromatic carbocycles. The number of nitrogens with zero attached hydrogens (tertiary/aromatic N) is 1. The summed E-state index contributed by atoms with van der Waals surface area (Å²) in [6.45, 7) is 21.9. The summed E-state index contributed by atoms with van der Waals surface area (Å²) >= 11 is 3.15. The highest BCUT2D eigenvalue weighted by atomic mass is 79.9. The molecule has 0 spiro atoms.